The molecule has 2 aliphatic carbocycles. The molecule has 0 spiro atoms. The van der Waals surface area contributed by atoms with E-state index in [1.54, 1.807) is 24.4 Å². The van der Waals surface area contributed by atoms with E-state index in [1.165, 1.54) is 0 Å². The fourth-order valence-electron chi connectivity index (χ4n) is 3.99. The molecule has 2 saturated carbocycles. The first-order chi connectivity index (χ1) is 16.9. The third kappa shape index (κ3) is 5.56. The van der Waals surface area contributed by atoms with Crippen LogP contribution in [0.15, 0.2) is 60.9 Å². The van der Waals surface area contributed by atoms with Crippen LogP contribution in [0.25, 0.3) is 11.1 Å². The quantitative estimate of drug-likeness (QED) is 0.417. The number of rotatable bonds is 9. The van der Waals surface area contributed by atoms with Crippen molar-refractivity contribution in [2.24, 2.45) is 0 Å². The van der Waals surface area contributed by atoms with Gasteiger partial charge in [0.1, 0.15) is 11.1 Å². The third-order valence-corrected chi connectivity index (χ3v) is 6.81. The number of hydrogen-bond acceptors (Lipinski definition) is 6. The Hall–Kier alpha value is -3.20. The van der Waals surface area contributed by atoms with Gasteiger partial charge < -0.3 is 14.8 Å². The summed E-state index contributed by atoms with van der Waals surface area (Å²) >= 11 is 6.39. The summed E-state index contributed by atoms with van der Waals surface area (Å²) in [6, 6.07) is 15.0. The minimum absolute atomic E-state index is 0.217. The highest BCUT2D eigenvalue weighted by Crippen LogP contribution is 2.53. The van der Waals surface area contributed by atoms with E-state index in [0.717, 1.165) is 48.1 Å². The van der Waals surface area contributed by atoms with Gasteiger partial charge in [-0.15, -0.1) is 0 Å². The van der Waals surface area contributed by atoms with E-state index in [9.17, 15) is 13.2 Å². The van der Waals surface area contributed by atoms with Crippen LogP contribution in [0.3, 0.4) is 0 Å². The highest BCUT2D eigenvalue weighted by Gasteiger charge is 2.47. The third-order valence-electron chi connectivity index (χ3n) is 6.03. The van der Waals surface area contributed by atoms with Gasteiger partial charge in [0.2, 0.25) is 10.3 Å². The molecule has 2 aliphatic rings. The second kappa shape index (κ2) is 9.81. The lowest BCUT2D eigenvalue weighted by Crippen LogP contribution is -2.15. The van der Waals surface area contributed by atoms with Gasteiger partial charge in [-0.05, 0) is 67.1 Å². The molecular weight excluding hydrogens is 488 g/mol. The molecule has 1 aromatic heterocycles. The van der Waals surface area contributed by atoms with Crippen LogP contribution in [0.2, 0.25) is 5.02 Å². The maximum absolute atomic E-state index is 11.8. The number of carbonyl (C=O) groups is 1. The van der Waals surface area contributed by atoms with E-state index in [4.69, 9.17) is 21.1 Å². The number of para-hydroxylation sites is 1. The number of anilines is 1. The van der Waals surface area contributed by atoms with Crippen LogP contribution in [0.5, 0.6) is 5.75 Å². The zero-order chi connectivity index (χ0) is 24.4. The molecule has 1 heterocycles. The number of carbonyl (C=O) groups excluding carboxylic acids is 1. The highest BCUT2D eigenvalue weighted by atomic mass is 35.5. The van der Waals surface area contributed by atoms with Crippen LogP contribution < -0.4 is 10.1 Å². The Morgan fingerprint density at radius 1 is 1.14 bits per heavy atom. The van der Waals surface area contributed by atoms with Crippen molar-refractivity contribution in [2.75, 3.05) is 5.32 Å². The SMILES string of the molecule is O=C(C=S(=O)=O)Nc1ccc(Cl)c(COC2(c3cnccc3-c3ccccc3OC3CC3)CC2)c1. The summed E-state index contributed by atoms with van der Waals surface area (Å²) in [4.78, 5) is 16.1. The van der Waals surface area contributed by atoms with Gasteiger partial charge in [0.05, 0.1) is 18.3 Å². The number of nitrogens with zero attached hydrogens (tertiary/aromatic N) is 1. The van der Waals surface area contributed by atoms with Gasteiger partial charge in [0, 0.05) is 34.2 Å². The second-order valence-corrected chi connectivity index (χ2v) is 9.86. The number of hydrogen-bond donors (Lipinski definition) is 1. The van der Waals surface area contributed by atoms with E-state index >= 15 is 0 Å². The van der Waals surface area contributed by atoms with Crippen molar-refractivity contribution in [3.8, 4) is 16.9 Å². The number of halogens is 1. The second-order valence-electron chi connectivity index (χ2n) is 8.69. The molecule has 0 aliphatic heterocycles. The first-order valence-corrected chi connectivity index (χ1v) is 12.8. The summed E-state index contributed by atoms with van der Waals surface area (Å²) in [5.41, 5.74) is 3.66. The van der Waals surface area contributed by atoms with Crippen molar-refractivity contribution in [3.63, 3.8) is 0 Å². The molecule has 9 heteroatoms. The molecule has 35 heavy (non-hydrogen) atoms. The van der Waals surface area contributed by atoms with E-state index in [-0.39, 0.29) is 12.7 Å². The smallest absolute Gasteiger partial charge is 0.263 e. The lowest BCUT2D eigenvalue weighted by molar-refractivity contribution is -0.109. The van der Waals surface area contributed by atoms with Gasteiger partial charge >= 0.3 is 0 Å². The first kappa shape index (κ1) is 23.5. The molecule has 2 aromatic carbocycles. The monoisotopic (exact) mass is 510 g/mol. The molecule has 180 valence electrons. The Labute approximate surface area is 209 Å². The Bertz CT molecular complexity index is 1410. The van der Waals surface area contributed by atoms with Gasteiger partial charge in [-0.25, -0.2) is 0 Å². The molecule has 0 radical (unpaired) electrons. The summed E-state index contributed by atoms with van der Waals surface area (Å²) in [7, 11) is -2.58. The Morgan fingerprint density at radius 3 is 2.69 bits per heavy atom. The van der Waals surface area contributed by atoms with Gasteiger partial charge in [-0.2, -0.15) is 8.42 Å². The minimum Gasteiger partial charge on any atom is -0.490 e. The molecule has 0 saturated heterocycles. The van der Waals surface area contributed by atoms with Crippen LogP contribution in [-0.2, 0) is 32.0 Å². The number of benzene rings is 2. The zero-order valence-electron chi connectivity index (χ0n) is 18.7. The average molecular weight is 511 g/mol. The van der Waals surface area contributed by atoms with E-state index in [2.05, 4.69) is 16.4 Å². The van der Waals surface area contributed by atoms with Crippen LogP contribution in [-0.4, -0.2) is 30.8 Å². The van der Waals surface area contributed by atoms with Gasteiger partial charge in [-0.3, -0.25) is 9.78 Å². The fraction of sp³-hybridized carbons (Fsp3) is 0.269. The standard InChI is InChI=1S/C26H23ClN2O5S/c27-23-8-5-18(29-25(30)16-35(31)32)13-17(23)15-33-26(10-11-26)22-14-28-12-9-20(22)21-3-1-2-4-24(21)34-19-6-7-19/h1-5,8-9,12-14,16,19H,6-7,10-11,15H2,(H,29,30). The molecule has 0 atom stereocenters. The van der Waals surface area contributed by atoms with Crippen LogP contribution in [0, 0.1) is 0 Å². The van der Waals surface area contributed by atoms with Crippen molar-refractivity contribution < 1.29 is 22.7 Å². The normalized spacial score (nSPS) is 15.8. The summed E-state index contributed by atoms with van der Waals surface area (Å²) < 4.78 is 34.0. The number of pyridine rings is 1. The van der Waals surface area contributed by atoms with Crippen LogP contribution in [0.1, 0.15) is 36.8 Å². The molecule has 3 aromatic rings. The summed E-state index contributed by atoms with van der Waals surface area (Å²) in [6.07, 6.45) is 7.76. The predicted octanol–water partition coefficient (Wildman–Crippen LogP) is 4.77. The minimum atomic E-state index is -2.58. The Morgan fingerprint density at radius 2 is 1.94 bits per heavy atom. The molecule has 5 rings (SSSR count). The van der Waals surface area contributed by atoms with Gasteiger partial charge in [0.25, 0.3) is 5.91 Å². The van der Waals surface area contributed by atoms with Gasteiger partial charge in [-0.1, -0.05) is 29.8 Å². The Kier molecular flexibility index (Phi) is 6.60. The number of nitrogens with one attached hydrogen (secondary N) is 1. The van der Waals surface area contributed by atoms with Gasteiger partial charge in [0.15, 0.2) is 0 Å². The largest absolute Gasteiger partial charge is 0.490 e. The predicted molar refractivity (Wildman–Crippen MR) is 134 cm³/mol. The van der Waals surface area contributed by atoms with Crippen molar-refractivity contribution in [1.82, 2.24) is 4.98 Å². The average Bonchev–Trinajstić information content (AvgIpc) is 3.76. The van der Waals surface area contributed by atoms with E-state index in [1.807, 2.05) is 30.5 Å². The lowest BCUT2D eigenvalue weighted by Gasteiger charge is -2.22. The highest BCUT2D eigenvalue weighted by molar-refractivity contribution is 7.73. The van der Waals surface area contributed by atoms with Crippen molar-refractivity contribution in [3.05, 3.63) is 77.1 Å². The Balaban J connectivity index is 1.38. The van der Waals surface area contributed by atoms with Crippen molar-refractivity contribution in [2.45, 2.75) is 44.0 Å². The number of ether oxygens (including phenoxy) is 2. The fourth-order valence-corrected chi connectivity index (χ4v) is 4.40. The molecule has 1 amide bonds. The van der Waals surface area contributed by atoms with Crippen molar-refractivity contribution in [1.29, 1.82) is 0 Å². The lowest BCUT2D eigenvalue weighted by atomic mass is 9.96. The molecule has 0 unspecified atom stereocenters. The maximum Gasteiger partial charge on any atom is 0.263 e. The number of amides is 1. The van der Waals surface area contributed by atoms with E-state index in [0.29, 0.717) is 21.6 Å². The molecular formula is C26H23ClN2O5S. The van der Waals surface area contributed by atoms with E-state index < -0.39 is 21.8 Å². The van der Waals surface area contributed by atoms with Crippen molar-refractivity contribution >= 4 is 38.9 Å². The zero-order valence-corrected chi connectivity index (χ0v) is 20.3. The molecule has 2 fully saturated rings. The molecule has 0 bridgehead atoms. The van der Waals surface area contributed by atoms with Crippen LogP contribution >= 0.6 is 11.6 Å². The first-order valence-electron chi connectivity index (χ1n) is 11.3. The summed E-state index contributed by atoms with van der Waals surface area (Å²) in [5, 5.41) is 3.58. The number of aromatic nitrogens is 1. The maximum atomic E-state index is 11.8. The topological polar surface area (TPSA) is 94.6 Å². The molecule has 1 N–H and O–H groups in total. The summed E-state index contributed by atoms with van der Waals surface area (Å²) in [5.74, 6) is 0.124. The molecule has 7 nitrogen and oxygen atoms in total. The summed E-state index contributed by atoms with van der Waals surface area (Å²) in [6.45, 7) is 0.217. The van der Waals surface area contributed by atoms with Crippen LogP contribution in [0.4, 0.5) is 5.69 Å².